The van der Waals surface area contributed by atoms with Crippen LogP contribution in [0.15, 0.2) is 27.1 Å². The highest BCUT2D eigenvalue weighted by atomic mass is 79.9. The maximum Gasteiger partial charge on any atom is 0.0755 e. The first-order chi connectivity index (χ1) is 7.98. The average Bonchev–Trinajstić information content (AvgIpc) is 2.57. The summed E-state index contributed by atoms with van der Waals surface area (Å²) in [5.41, 5.74) is 1.14. The van der Waals surface area contributed by atoms with Crippen molar-refractivity contribution in [3.63, 3.8) is 0 Å². The minimum absolute atomic E-state index is 0.0392. The van der Waals surface area contributed by atoms with Gasteiger partial charge in [0.15, 0.2) is 0 Å². The molecule has 94 valence electrons. The minimum Gasteiger partial charge on any atom is -0.381 e. The number of nitrogens with one attached hydrogen (secondary N) is 1. The Morgan fingerprint density at radius 1 is 1.35 bits per heavy atom. The van der Waals surface area contributed by atoms with Crippen LogP contribution in [0.5, 0.6) is 0 Å². The van der Waals surface area contributed by atoms with Crippen LogP contribution in [0, 0.1) is 0 Å². The maximum absolute atomic E-state index is 5.96. The normalized spacial score (nSPS) is 22.7. The van der Waals surface area contributed by atoms with Crippen LogP contribution in [0.2, 0.25) is 0 Å². The molecule has 1 aromatic rings. The molecule has 0 bridgehead atoms. The second-order valence-electron chi connectivity index (χ2n) is 5.02. The van der Waals surface area contributed by atoms with Gasteiger partial charge in [-0.25, -0.2) is 0 Å². The third-order valence-corrected chi connectivity index (χ3v) is 4.35. The summed E-state index contributed by atoms with van der Waals surface area (Å²) in [7, 11) is 0. The molecule has 1 saturated heterocycles. The lowest BCUT2D eigenvalue weighted by Gasteiger charge is -2.20. The molecule has 0 saturated carbocycles. The van der Waals surface area contributed by atoms with Gasteiger partial charge in [-0.1, -0.05) is 6.07 Å². The number of hydrogen-bond donors (Lipinski definition) is 1. The first kappa shape index (κ1) is 13.4. The van der Waals surface area contributed by atoms with Gasteiger partial charge in [-0.05, 0) is 70.7 Å². The van der Waals surface area contributed by atoms with Crippen molar-refractivity contribution in [1.82, 2.24) is 0 Å². The lowest BCUT2D eigenvalue weighted by molar-refractivity contribution is -0.00911. The van der Waals surface area contributed by atoms with Crippen LogP contribution in [0.1, 0.15) is 26.7 Å². The molecule has 1 unspecified atom stereocenters. The monoisotopic (exact) mass is 361 g/mol. The first-order valence-electron chi connectivity index (χ1n) is 5.84. The summed E-state index contributed by atoms with van der Waals surface area (Å²) >= 11 is 7.09. The molecule has 0 spiro atoms. The lowest BCUT2D eigenvalue weighted by atomic mass is 10.1. The van der Waals surface area contributed by atoms with E-state index in [-0.39, 0.29) is 5.60 Å². The van der Waals surface area contributed by atoms with E-state index in [2.05, 4.69) is 51.0 Å². The van der Waals surface area contributed by atoms with Gasteiger partial charge in [0, 0.05) is 15.5 Å². The van der Waals surface area contributed by atoms with Gasteiger partial charge in [0.2, 0.25) is 0 Å². The Morgan fingerprint density at radius 2 is 2.00 bits per heavy atom. The van der Waals surface area contributed by atoms with E-state index in [1.54, 1.807) is 0 Å². The van der Waals surface area contributed by atoms with Gasteiger partial charge in [-0.3, -0.25) is 0 Å². The molecule has 0 radical (unpaired) electrons. The Kier molecular flexibility index (Phi) is 4.16. The van der Waals surface area contributed by atoms with Crippen molar-refractivity contribution >= 4 is 37.5 Å². The smallest absolute Gasteiger partial charge is 0.0755 e. The largest absolute Gasteiger partial charge is 0.381 e. The number of halogens is 2. The summed E-state index contributed by atoms with van der Waals surface area (Å²) in [6.07, 6.45) is 2.57. The Morgan fingerprint density at radius 3 is 2.53 bits per heavy atom. The van der Waals surface area contributed by atoms with Crippen LogP contribution in [0.4, 0.5) is 5.69 Å². The van der Waals surface area contributed by atoms with Crippen molar-refractivity contribution in [1.29, 1.82) is 0 Å². The van der Waals surface area contributed by atoms with Gasteiger partial charge in [0.05, 0.1) is 17.4 Å². The zero-order valence-corrected chi connectivity index (χ0v) is 13.3. The second-order valence-corrected chi connectivity index (χ2v) is 6.72. The van der Waals surface area contributed by atoms with E-state index in [1.807, 2.05) is 18.2 Å². The molecule has 1 atom stereocenters. The fourth-order valence-electron chi connectivity index (χ4n) is 2.10. The van der Waals surface area contributed by atoms with E-state index in [1.165, 1.54) is 0 Å². The zero-order chi connectivity index (χ0) is 12.5. The topological polar surface area (TPSA) is 21.3 Å². The van der Waals surface area contributed by atoms with Crippen molar-refractivity contribution < 1.29 is 4.74 Å². The third kappa shape index (κ3) is 3.46. The quantitative estimate of drug-likeness (QED) is 0.849. The van der Waals surface area contributed by atoms with Gasteiger partial charge in [0.25, 0.3) is 0 Å². The Balaban J connectivity index is 1.95. The van der Waals surface area contributed by atoms with Crippen molar-refractivity contribution in [3.05, 3.63) is 27.1 Å². The van der Waals surface area contributed by atoms with E-state index in [0.717, 1.165) is 34.0 Å². The molecule has 0 amide bonds. The molecule has 0 aromatic heterocycles. The van der Waals surface area contributed by atoms with Gasteiger partial charge in [-0.2, -0.15) is 0 Å². The van der Waals surface area contributed by atoms with Crippen molar-refractivity contribution in [2.24, 2.45) is 0 Å². The zero-order valence-electron chi connectivity index (χ0n) is 10.1. The van der Waals surface area contributed by atoms with Gasteiger partial charge >= 0.3 is 0 Å². The maximum atomic E-state index is 5.96. The molecular formula is C13H17Br2NO. The first-order valence-corrected chi connectivity index (χ1v) is 7.42. The summed E-state index contributed by atoms with van der Waals surface area (Å²) in [4.78, 5) is 0. The van der Waals surface area contributed by atoms with Crippen LogP contribution in [0.3, 0.4) is 0 Å². The summed E-state index contributed by atoms with van der Waals surface area (Å²) in [6.45, 7) is 5.16. The number of anilines is 1. The lowest BCUT2D eigenvalue weighted by Crippen LogP contribution is -2.25. The molecule has 2 nitrogen and oxygen atoms in total. The molecule has 1 aliphatic rings. The SMILES string of the molecule is CC1(C)CCC(CNc2c(Br)cccc2Br)O1. The van der Waals surface area contributed by atoms with Crippen molar-refractivity contribution in [2.45, 2.75) is 38.4 Å². The number of ether oxygens (including phenoxy) is 1. The predicted molar refractivity (Wildman–Crippen MR) is 78.5 cm³/mol. The number of rotatable bonds is 3. The summed E-state index contributed by atoms with van der Waals surface area (Å²) in [6, 6.07) is 6.08. The molecule has 1 heterocycles. The number of hydrogen-bond acceptors (Lipinski definition) is 2. The summed E-state index contributed by atoms with van der Waals surface area (Å²) < 4.78 is 8.10. The number of benzene rings is 1. The van der Waals surface area contributed by atoms with E-state index >= 15 is 0 Å². The Labute approximate surface area is 119 Å². The molecule has 1 N–H and O–H groups in total. The van der Waals surface area contributed by atoms with E-state index in [4.69, 9.17) is 4.74 Å². The van der Waals surface area contributed by atoms with Gasteiger partial charge in [-0.15, -0.1) is 0 Å². The van der Waals surface area contributed by atoms with Crippen LogP contribution >= 0.6 is 31.9 Å². The van der Waals surface area contributed by atoms with Crippen LogP contribution in [-0.2, 0) is 4.74 Å². The predicted octanol–water partition coefficient (Wildman–Crippen LogP) is 4.58. The highest BCUT2D eigenvalue weighted by molar-refractivity contribution is 9.11. The fraction of sp³-hybridized carbons (Fsp3) is 0.538. The van der Waals surface area contributed by atoms with E-state index in [0.29, 0.717) is 6.10 Å². The molecular weight excluding hydrogens is 346 g/mol. The third-order valence-electron chi connectivity index (χ3n) is 3.02. The fourth-order valence-corrected chi connectivity index (χ4v) is 3.38. The average molecular weight is 363 g/mol. The Hall–Kier alpha value is -0.0600. The molecule has 17 heavy (non-hydrogen) atoms. The van der Waals surface area contributed by atoms with Gasteiger partial charge in [0.1, 0.15) is 0 Å². The van der Waals surface area contributed by atoms with E-state index < -0.39 is 0 Å². The molecule has 1 aromatic carbocycles. The van der Waals surface area contributed by atoms with Crippen LogP contribution in [-0.4, -0.2) is 18.2 Å². The van der Waals surface area contributed by atoms with Gasteiger partial charge < -0.3 is 10.1 Å². The minimum atomic E-state index is 0.0392. The molecule has 1 aliphatic heterocycles. The highest BCUT2D eigenvalue weighted by Gasteiger charge is 2.31. The molecule has 0 aliphatic carbocycles. The molecule has 2 rings (SSSR count). The number of para-hydroxylation sites is 1. The Bertz CT molecular complexity index is 386. The highest BCUT2D eigenvalue weighted by Crippen LogP contribution is 2.33. The van der Waals surface area contributed by atoms with Crippen molar-refractivity contribution in [2.75, 3.05) is 11.9 Å². The summed E-state index contributed by atoms with van der Waals surface area (Å²) in [5.74, 6) is 0. The molecule has 1 fully saturated rings. The second kappa shape index (κ2) is 5.29. The molecule has 4 heteroatoms. The van der Waals surface area contributed by atoms with Crippen LogP contribution < -0.4 is 5.32 Å². The summed E-state index contributed by atoms with van der Waals surface area (Å²) in [5, 5.41) is 3.44. The van der Waals surface area contributed by atoms with Crippen LogP contribution in [0.25, 0.3) is 0 Å². The standard InChI is InChI=1S/C13H17Br2NO/c1-13(2)7-6-9(17-13)8-16-12-10(14)4-3-5-11(12)15/h3-5,9,16H,6-8H2,1-2H3. The van der Waals surface area contributed by atoms with E-state index in [9.17, 15) is 0 Å². The van der Waals surface area contributed by atoms with Crippen molar-refractivity contribution in [3.8, 4) is 0 Å².